The molecule has 0 bridgehead atoms. The summed E-state index contributed by atoms with van der Waals surface area (Å²) in [6.45, 7) is -0.342. The van der Waals surface area contributed by atoms with E-state index in [1.807, 2.05) is 0 Å². The van der Waals surface area contributed by atoms with Crippen LogP contribution in [-0.2, 0) is 16.5 Å². The fourth-order valence-corrected chi connectivity index (χ4v) is 2.01. The molecule has 0 aliphatic heterocycles. The molecule has 1 rings (SSSR count). The highest BCUT2D eigenvalue weighted by atomic mass is 32.2. The lowest BCUT2D eigenvalue weighted by atomic mass is 10.1. The van der Waals surface area contributed by atoms with Gasteiger partial charge in [0.05, 0.1) is 4.92 Å². The maximum atomic E-state index is 10.9. The van der Waals surface area contributed by atoms with E-state index in [1.54, 1.807) is 0 Å². The van der Waals surface area contributed by atoms with Gasteiger partial charge in [-0.1, -0.05) is 6.07 Å². The fraction of sp³-hybridized carbons (Fsp3) is 0.250. The Morgan fingerprint density at radius 3 is 2.41 bits per heavy atom. The maximum Gasteiger partial charge on any atom is 0.296 e. The van der Waals surface area contributed by atoms with Gasteiger partial charge in [0.15, 0.2) is 0 Å². The molecule has 0 aliphatic carbocycles. The van der Waals surface area contributed by atoms with Crippen LogP contribution in [0.3, 0.4) is 0 Å². The van der Waals surface area contributed by atoms with Crippen molar-refractivity contribution in [3.63, 3.8) is 0 Å². The van der Waals surface area contributed by atoms with E-state index in [4.69, 9.17) is 15.4 Å². The van der Waals surface area contributed by atoms with Crippen molar-refractivity contribution in [2.45, 2.75) is 11.3 Å². The monoisotopic (exact) mass is 262 g/mol. The number of hydrogen-bond acceptors (Lipinski definition) is 6. The molecule has 9 heteroatoms. The van der Waals surface area contributed by atoms with Gasteiger partial charge in [-0.15, -0.1) is 0 Å². The fourth-order valence-electron chi connectivity index (χ4n) is 1.40. The van der Waals surface area contributed by atoms with Crippen molar-refractivity contribution in [1.82, 2.24) is 0 Å². The molecule has 1 aromatic carbocycles. The molecule has 0 heterocycles. The number of hydrogen-bond donors (Lipinski definition) is 3. The molecular formula is C8H10N2O6S. The zero-order valence-electron chi connectivity index (χ0n) is 8.53. The van der Waals surface area contributed by atoms with Crippen LogP contribution in [0.25, 0.3) is 0 Å². The van der Waals surface area contributed by atoms with Gasteiger partial charge in [0.2, 0.25) is 0 Å². The molecule has 94 valence electrons. The van der Waals surface area contributed by atoms with Crippen molar-refractivity contribution in [2.75, 3.05) is 12.3 Å². The van der Waals surface area contributed by atoms with Gasteiger partial charge in [-0.3, -0.25) is 14.7 Å². The minimum Gasteiger partial charge on any atom is -0.396 e. The molecule has 0 radical (unpaired) electrons. The van der Waals surface area contributed by atoms with E-state index in [9.17, 15) is 18.5 Å². The lowest BCUT2D eigenvalue weighted by Gasteiger charge is -2.07. The Bertz CT molecular complexity index is 553. The molecule has 17 heavy (non-hydrogen) atoms. The van der Waals surface area contributed by atoms with Crippen LogP contribution in [0, 0.1) is 10.1 Å². The normalized spacial score (nSPS) is 11.4. The number of benzene rings is 1. The zero-order valence-corrected chi connectivity index (χ0v) is 9.35. The molecular weight excluding hydrogens is 252 g/mol. The Morgan fingerprint density at radius 2 is 2.00 bits per heavy atom. The second-order valence-corrected chi connectivity index (χ2v) is 4.58. The molecule has 0 spiro atoms. The van der Waals surface area contributed by atoms with Crippen LogP contribution in [0.4, 0.5) is 11.4 Å². The summed E-state index contributed by atoms with van der Waals surface area (Å²) in [6, 6.07) is 2.09. The Labute approximate surface area is 96.6 Å². The first-order chi connectivity index (χ1) is 7.79. The van der Waals surface area contributed by atoms with Gasteiger partial charge < -0.3 is 10.8 Å². The van der Waals surface area contributed by atoms with Gasteiger partial charge >= 0.3 is 0 Å². The van der Waals surface area contributed by atoms with E-state index in [0.717, 1.165) is 12.1 Å². The standard InChI is InChI=1S/C8H10N2O6S/c9-7-6(17(14,15)16)2-1-5(3-4-11)8(7)10(12)13/h1-2,11H,3-4,9H2,(H,14,15,16). The van der Waals surface area contributed by atoms with Crippen LogP contribution in [0.1, 0.15) is 5.56 Å². The van der Waals surface area contributed by atoms with E-state index in [-0.39, 0.29) is 18.6 Å². The molecule has 0 amide bonds. The number of nitro benzene ring substituents is 1. The number of nitrogen functional groups attached to an aromatic ring is 1. The van der Waals surface area contributed by atoms with Gasteiger partial charge in [-0.2, -0.15) is 8.42 Å². The van der Waals surface area contributed by atoms with E-state index in [0.29, 0.717) is 0 Å². The molecule has 1 aromatic rings. The van der Waals surface area contributed by atoms with Crippen LogP contribution in [0.2, 0.25) is 0 Å². The van der Waals surface area contributed by atoms with Gasteiger partial charge in [0.25, 0.3) is 15.8 Å². The quantitative estimate of drug-likeness (QED) is 0.299. The van der Waals surface area contributed by atoms with Crippen LogP contribution in [0.15, 0.2) is 17.0 Å². The summed E-state index contributed by atoms with van der Waals surface area (Å²) in [7, 11) is -4.61. The molecule has 0 aromatic heterocycles. The summed E-state index contributed by atoms with van der Waals surface area (Å²) >= 11 is 0. The topological polar surface area (TPSA) is 144 Å². The van der Waals surface area contributed by atoms with Crippen molar-refractivity contribution in [3.8, 4) is 0 Å². The van der Waals surface area contributed by atoms with E-state index >= 15 is 0 Å². The molecule has 0 saturated carbocycles. The van der Waals surface area contributed by atoms with Gasteiger partial charge in [-0.25, -0.2) is 0 Å². The van der Waals surface area contributed by atoms with Crippen molar-refractivity contribution in [2.24, 2.45) is 0 Å². The molecule has 0 atom stereocenters. The smallest absolute Gasteiger partial charge is 0.296 e. The van der Waals surface area contributed by atoms with Crippen LogP contribution >= 0.6 is 0 Å². The minimum absolute atomic E-state index is 0.0354. The summed E-state index contributed by atoms with van der Waals surface area (Å²) in [5.41, 5.74) is 4.19. The molecule has 0 saturated heterocycles. The summed E-state index contributed by atoms with van der Waals surface area (Å²) in [4.78, 5) is 9.20. The lowest BCUT2D eigenvalue weighted by Crippen LogP contribution is -2.08. The average molecular weight is 262 g/mol. The zero-order chi connectivity index (χ0) is 13.2. The summed E-state index contributed by atoms with van der Waals surface area (Å²) < 4.78 is 30.6. The number of aliphatic hydroxyl groups is 1. The van der Waals surface area contributed by atoms with Crippen LogP contribution in [-0.4, -0.2) is 29.6 Å². The number of nitrogens with two attached hydrogens (primary N) is 1. The molecule has 4 N–H and O–H groups in total. The van der Waals surface area contributed by atoms with Gasteiger partial charge in [0, 0.05) is 18.6 Å². The highest BCUT2D eigenvalue weighted by Crippen LogP contribution is 2.32. The van der Waals surface area contributed by atoms with Gasteiger partial charge in [-0.05, 0) is 6.07 Å². The van der Waals surface area contributed by atoms with Crippen LogP contribution in [0.5, 0.6) is 0 Å². The van der Waals surface area contributed by atoms with E-state index < -0.39 is 31.3 Å². The third-order valence-electron chi connectivity index (χ3n) is 2.10. The van der Waals surface area contributed by atoms with E-state index in [1.165, 1.54) is 0 Å². The number of rotatable bonds is 4. The molecule has 0 fully saturated rings. The molecule has 0 unspecified atom stereocenters. The number of aliphatic hydroxyl groups excluding tert-OH is 1. The highest BCUT2D eigenvalue weighted by Gasteiger charge is 2.25. The van der Waals surface area contributed by atoms with Crippen LogP contribution < -0.4 is 5.73 Å². The van der Waals surface area contributed by atoms with E-state index in [2.05, 4.69) is 0 Å². The predicted octanol–water partition coefficient (Wildman–Crippen LogP) is -0.0415. The predicted molar refractivity (Wildman–Crippen MR) is 58.1 cm³/mol. The summed E-state index contributed by atoms with van der Waals surface area (Å²) in [5.74, 6) is 0. The van der Waals surface area contributed by atoms with Crippen molar-refractivity contribution >= 4 is 21.5 Å². The first kappa shape index (κ1) is 13.4. The van der Waals surface area contributed by atoms with Crippen molar-refractivity contribution in [1.29, 1.82) is 0 Å². The number of nitrogens with zero attached hydrogens (tertiary/aromatic N) is 1. The van der Waals surface area contributed by atoms with Crippen molar-refractivity contribution in [3.05, 3.63) is 27.8 Å². The minimum atomic E-state index is -4.61. The summed E-state index contributed by atoms with van der Waals surface area (Å²) in [5, 5.41) is 19.5. The summed E-state index contributed by atoms with van der Waals surface area (Å²) in [6.07, 6.45) is -0.0354. The molecule has 8 nitrogen and oxygen atoms in total. The van der Waals surface area contributed by atoms with Crippen molar-refractivity contribution < 1.29 is 23.0 Å². The second kappa shape index (κ2) is 4.65. The number of nitro groups is 1. The Hall–Kier alpha value is -1.71. The Morgan fingerprint density at radius 1 is 1.41 bits per heavy atom. The lowest BCUT2D eigenvalue weighted by molar-refractivity contribution is -0.384. The highest BCUT2D eigenvalue weighted by molar-refractivity contribution is 7.86. The Balaban J connectivity index is 3.55. The largest absolute Gasteiger partial charge is 0.396 e. The second-order valence-electron chi connectivity index (χ2n) is 3.19. The third-order valence-corrected chi connectivity index (χ3v) is 3.01. The number of anilines is 1. The first-order valence-corrected chi connectivity index (χ1v) is 5.87. The first-order valence-electron chi connectivity index (χ1n) is 4.43. The maximum absolute atomic E-state index is 10.9. The SMILES string of the molecule is Nc1c(S(=O)(=O)O)ccc(CCO)c1[N+](=O)[O-]. The Kier molecular flexibility index (Phi) is 3.66. The van der Waals surface area contributed by atoms with Gasteiger partial charge in [0.1, 0.15) is 10.6 Å². The third kappa shape index (κ3) is 2.70. The average Bonchev–Trinajstić information content (AvgIpc) is 2.15. The molecule has 0 aliphatic rings.